The molecule has 1 aliphatic rings. The molecule has 2 rings (SSSR count). The lowest BCUT2D eigenvalue weighted by molar-refractivity contribution is -0.154. The Morgan fingerprint density at radius 3 is 2.71 bits per heavy atom. The number of hydrogen-bond donors (Lipinski definition) is 2. The molecular weight excluding hydrogens is 287 g/mol. The van der Waals surface area contributed by atoms with Crippen LogP contribution in [-0.2, 0) is 0 Å². The minimum atomic E-state index is -4.41. The summed E-state index contributed by atoms with van der Waals surface area (Å²) >= 11 is 0. The molecule has 1 saturated carbocycles. The predicted molar refractivity (Wildman–Crippen MR) is 70.1 cm³/mol. The van der Waals surface area contributed by atoms with Crippen LogP contribution in [0.4, 0.5) is 23.7 Å². The van der Waals surface area contributed by atoms with E-state index < -0.39 is 12.8 Å². The van der Waals surface area contributed by atoms with E-state index >= 15 is 0 Å². The molecule has 1 heterocycles. The molecule has 0 bridgehead atoms. The molecule has 0 radical (unpaired) electrons. The molecule has 116 valence electrons. The molecule has 0 spiro atoms. The number of ether oxygens (including phenoxy) is 1. The van der Waals surface area contributed by atoms with E-state index in [4.69, 9.17) is 0 Å². The molecule has 0 aromatic carbocycles. The van der Waals surface area contributed by atoms with E-state index in [0.29, 0.717) is 11.6 Å². The molecule has 8 heteroatoms. The number of rotatable bonds is 5. The third-order valence-electron chi connectivity index (χ3n) is 3.07. The van der Waals surface area contributed by atoms with Crippen molar-refractivity contribution in [2.24, 2.45) is 5.92 Å². The fraction of sp³-hybridized carbons (Fsp3) is 0.538. The number of amides is 2. The highest BCUT2D eigenvalue weighted by atomic mass is 19.4. The maximum atomic E-state index is 12.0. The quantitative estimate of drug-likeness (QED) is 0.879. The number of carbonyl (C=O) groups excluding carboxylic acids is 1. The summed E-state index contributed by atoms with van der Waals surface area (Å²) in [6.45, 7) is 0.537. The lowest BCUT2D eigenvalue weighted by Gasteiger charge is -2.13. The van der Waals surface area contributed by atoms with E-state index in [-0.39, 0.29) is 18.0 Å². The van der Waals surface area contributed by atoms with Crippen LogP contribution in [0.1, 0.15) is 19.8 Å². The van der Waals surface area contributed by atoms with Crippen LogP contribution < -0.4 is 15.4 Å². The number of nitrogens with zero attached hydrogens (tertiary/aromatic N) is 1. The molecule has 1 aromatic heterocycles. The third-order valence-corrected chi connectivity index (χ3v) is 3.07. The zero-order valence-electron chi connectivity index (χ0n) is 11.4. The molecule has 1 aliphatic carbocycles. The standard InChI is InChI=1S/C13H16F3N3O2/c1-8(9-2-3-9)18-12(20)19-10-4-5-11(17-6-10)21-7-13(14,15)16/h4-6,8-9H,2-3,7H2,1H3,(H2,18,19,20). The SMILES string of the molecule is CC(NC(=O)Nc1ccc(OCC(F)(F)F)nc1)C1CC1. The van der Waals surface area contributed by atoms with Crippen LogP contribution >= 0.6 is 0 Å². The molecule has 21 heavy (non-hydrogen) atoms. The molecule has 1 aromatic rings. The van der Waals surface area contributed by atoms with Crippen LogP contribution in [0.15, 0.2) is 18.3 Å². The summed E-state index contributed by atoms with van der Waals surface area (Å²) in [5.41, 5.74) is 0.384. The van der Waals surface area contributed by atoms with Crippen molar-refractivity contribution in [3.8, 4) is 5.88 Å². The Morgan fingerprint density at radius 2 is 2.19 bits per heavy atom. The number of nitrogens with one attached hydrogen (secondary N) is 2. The Balaban J connectivity index is 1.79. The minimum absolute atomic E-state index is 0.104. The summed E-state index contributed by atoms with van der Waals surface area (Å²) < 4.78 is 40.4. The van der Waals surface area contributed by atoms with Crippen molar-refractivity contribution in [2.75, 3.05) is 11.9 Å². The Kier molecular flexibility index (Phi) is 4.54. The van der Waals surface area contributed by atoms with Crippen LogP contribution in [0.25, 0.3) is 0 Å². The number of anilines is 1. The molecule has 0 saturated heterocycles. The number of pyridine rings is 1. The minimum Gasteiger partial charge on any atom is -0.468 e. The van der Waals surface area contributed by atoms with Crippen molar-refractivity contribution in [3.05, 3.63) is 18.3 Å². The first-order valence-corrected chi connectivity index (χ1v) is 6.56. The summed E-state index contributed by atoms with van der Waals surface area (Å²) in [5.74, 6) is 0.386. The highest BCUT2D eigenvalue weighted by molar-refractivity contribution is 5.89. The normalized spacial score (nSPS) is 16.2. The van der Waals surface area contributed by atoms with Crippen molar-refractivity contribution in [3.63, 3.8) is 0 Å². The van der Waals surface area contributed by atoms with Gasteiger partial charge in [0.25, 0.3) is 0 Å². The molecule has 0 aliphatic heterocycles. The van der Waals surface area contributed by atoms with Gasteiger partial charge in [-0.3, -0.25) is 0 Å². The second-order valence-corrected chi connectivity index (χ2v) is 5.01. The summed E-state index contributed by atoms with van der Waals surface area (Å²) in [6.07, 6.45) is -0.924. The van der Waals surface area contributed by atoms with Gasteiger partial charge in [0.2, 0.25) is 5.88 Å². The van der Waals surface area contributed by atoms with Crippen LogP contribution in [0.2, 0.25) is 0 Å². The van der Waals surface area contributed by atoms with Gasteiger partial charge in [-0.05, 0) is 31.7 Å². The fourth-order valence-corrected chi connectivity index (χ4v) is 1.78. The number of hydrogen-bond acceptors (Lipinski definition) is 3. The number of alkyl halides is 3. The van der Waals surface area contributed by atoms with Crippen molar-refractivity contribution >= 4 is 11.7 Å². The molecule has 1 unspecified atom stereocenters. The first-order valence-electron chi connectivity index (χ1n) is 6.56. The molecule has 2 N–H and O–H groups in total. The molecule has 2 amide bonds. The van der Waals surface area contributed by atoms with Crippen LogP contribution in [-0.4, -0.2) is 29.8 Å². The Morgan fingerprint density at radius 1 is 1.48 bits per heavy atom. The Labute approximate surface area is 119 Å². The highest BCUT2D eigenvalue weighted by Gasteiger charge is 2.29. The maximum absolute atomic E-state index is 12.0. The van der Waals surface area contributed by atoms with E-state index in [1.54, 1.807) is 0 Å². The zero-order valence-corrected chi connectivity index (χ0v) is 11.4. The lowest BCUT2D eigenvalue weighted by Crippen LogP contribution is -2.37. The second kappa shape index (κ2) is 6.19. The van der Waals surface area contributed by atoms with Gasteiger partial charge in [0, 0.05) is 12.1 Å². The second-order valence-electron chi connectivity index (χ2n) is 5.01. The molecule has 1 atom stereocenters. The Bertz CT molecular complexity index is 486. The number of halogens is 3. The van der Waals surface area contributed by atoms with Crippen LogP contribution in [0.5, 0.6) is 5.88 Å². The van der Waals surface area contributed by atoms with Crippen LogP contribution in [0, 0.1) is 5.92 Å². The van der Waals surface area contributed by atoms with E-state index in [1.165, 1.54) is 18.3 Å². The van der Waals surface area contributed by atoms with Gasteiger partial charge in [0.1, 0.15) is 0 Å². The predicted octanol–water partition coefficient (Wildman–Crippen LogP) is 2.94. The van der Waals surface area contributed by atoms with Gasteiger partial charge in [0.15, 0.2) is 6.61 Å². The van der Waals surface area contributed by atoms with Gasteiger partial charge >= 0.3 is 12.2 Å². The third kappa shape index (κ3) is 5.49. The Hall–Kier alpha value is -1.99. The summed E-state index contributed by atoms with van der Waals surface area (Å²) in [6, 6.07) is 2.44. The largest absolute Gasteiger partial charge is 0.468 e. The first-order chi connectivity index (χ1) is 9.83. The van der Waals surface area contributed by atoms with Crippen molar-refractivity contribution in [1.82, 2.24) is 10.3 Å². The monoisotopic (exact) mass is 303 g/mol. The average molecular weight is 303 g/mol. The van der Waals surface area contributed by atoms with Crippen molar-refractivity contribution < 1.29 is 22.7 Å². The number of aromatic nitrogens is 1. The van der Waals surface area contributed by atoms with Crippen molar-refractivity contribution in [1.29, 1.82) is 0 Å². The lowest BCUT2D eigenvalue weighted by atomic mass is 10.2. The smallest absolute Gasteiger partial charge is 0.422 e. The number of urea groups is 1. The first kappa shape index (κ1) is 15.4. The molecular formula is C13H16F3N3O2. The molecule has 5 nitrogen and oxygen atoms in total. The maximum Gasteiger partial charge on any atom is 0.422 e. The van der Waals surface area contributed by atoms with Gasteiger partial charge in [-0.25, -0.2) is 9.78 Å². The van der Waals surface area contributed by atoms with Gasteiger partial charge in [-0.15, -0.1) is 0 Å². The van der Waals surface area contributed by atoms with Gasteiger partial charge in [-0.1, -0.05) is 0 Å². The van der Waals surface area contributed by atoms with E-state index in [0.717, 1.165) is 12.8 Å². The average Bonchev–Trinajstić information content (AvgIpc) is 3.21. The highest BCUT2D eigenvalue weighted by Crippen LogP contribution is 2.32. The van der Waals surface area contributed by atoms with Crippen molar-refractivity contribution in [2.45, 2.75) is 32.0 Å². The topological polar surface area (TPSA) is 63.2 Å². The van der Waals surface area contributed by atoms with Gasteiger partial charge < -0.3 is 15.4 Å². The summed E-state index contributed by atoms with van der Waals surface area (Å²) in [4.78, 5) is 15.4. The summed E-state index contributed by atoms with van der Waals surface area (Å²) in [5, 5.41) is 5.36. The number of carbonyl (C=O) groups is 1. The van der Waals surface area contributed by atoms with E-state index in [2.05, 4.69) is 20.4 Å². The summed E-state index contributed by atoms with van der Waals surface area (Å²) in [7, 11) is 0. The van der Waals surface area contributed by atoms with Gasteiger partial charge in [0.05, 0.1) is 11.9 Å². The zero-order chi connectivity index (χ0) is 15.5. The van der Waals surface area contributed by atoms with E-state index in [9.17, 15) is 18.0 Å². The van der Waals surface area contributed by atoms with E-state index in [1.807, 2.05) is 6.92 Å². The molecule has 1 fully saturated rings. The van der Waals surface area contributed by atoms with Crippen LogP contribution in [0.3, 0.4) is 0 Å². The fourth-order valence-electron chi connectivity index (χ4n) is 1.78. The van der Waals surface area contributed by atoms with Gasteiger partial charge in [-0.2, -0.15) is 13.2 Å².